The van der Waals surface area contributed by atoms with E-state index in [0.717, 1.165) is 5.56 Å². The molecule has 0 bridgehead atoms. The zero-order chi connectivity index (χ0) is 21.6. The molecule has 1 fully saturated rings. The molecule has 1 N–H and O–H groups in total. The first-order valence-electron chi connectivity index (χ1n) is 10.1. The van der Waals surface area contributed by atoms with Crippen molar-refractivity contribution in [2.45, 2.75) is 31.0 Å². The van der Waals surface area contributed by atoms with Gasteiger partial charge < -0.3 is 15.0 Å². The smallest absolute Gasteiger partial charge is 0.194 e. The van der Waals surface area contributed by atoms with E-state index in [9.17, 15) is 12.8 Å². The maximum atomic E-state index is 13.3. The topological polar surface area (TPSA) is 71.0 Å². The number of halogens is 1. The van der Waals surface area contributed by atoms with Gasteiger partial charge in [0.15, 0.2) is 15.8 Å². The van der Waals surface area contributed by atoms with Crippen LogP contribution in [0.15, 0.2) is 64.5 Å². The van der Waals surface area contributed by atoms with E-state index in [1.165, 1.54) is 12.1 Å². The van der Waals surface area contributed by atoms with Gasteiger partial charge in [0.25, 0.3) is 0 Å². The molecule has 2 unspecified atom stereocenters. The fraction of sp³-hybridized carbons (Fsp3) is 0.409. The summed E-state index contributed by atoms with van der Waals surface area (Å²) in [4.78, 5) is 6.94. The highest BCUT2D eigenvalue weighted by molar-refractivity contribution is 7.91. The molecule has 3 rings (SSSR count). The van der Waals surface area contributed by atoms with Gasteiger partial charge in [-0.15, -0.1) is 0 Å². The van der Waals surface area contributed by atoms with E-state index in [-0.39, 0.29) is 30.3 Å². The van der Waals surface area contributed by atoms with Crippen LogP contribution in [0.2, 0.25) is 0 Å². The van der Waals surface area contributed by atoms with Crippen molar-refractivity contribution in [2.75, 3.05) is 31.9 Å². The number of nitrogens with zero attached hydrogens (tertiary/aromatic N) is 2. The second kappa shape index (κ2) is 10.0. The SMILES string of the molecule is CCNC(=NCCS(=O)(=O)c1ccccc1)N1CC(C)OC(c2ccc(F)cc2)C1. The number of hydrogen-bond acceptors (Lipinski definition) is 4. The van der Waals surface area contributed by atoms with Gasteiger partial charge in [-0.25, -0.2) is 12.8 Å². The fourth-order valence-corrected chi connectivity index (χ4v) is 4.57. The molecule has 2 aromatic carbocycles. The van der Waals surface area contributed by atoms with E-state index in [2.05, 4.69) is 15.2 Å². The maximum Gasteiger partial charge on any atom is 0.194 e. The fourth-order valence-electron chi connectivity index (χ4n) is 3.43. The van der Waals surface area contributed by atoms with E-state index in [1.54, 1.807) is 42.5 Å². The average molecular weight is 434 g/mol. The predicted octanol–water partition coefficient (Wildman–Crippen LogP) is 3.03. The molecule has 6 nitrogen and oxygen atoms in total. The Morgan fingerprint density at radius 3 is 2.53 bits per heavy atom. The van der Waals surface area contributed by atoms with Crippen molar-refractivity contribution < 1.29 is 17.5 Å². The van der Waals surface area contributed by atoms with Crippen LogP contribution in [0.4, 0.5) is 4.39 Å². The van der Waals surface area contributed by atoms with E-state index in [4.69, 9.17) is 4.74 Å². The van der Waals surface area contributed by atoms with Crippen molar-refractivity contribution in [2.24, 2.45) is 4.99 Å². The summed E-state index contributed by atoms with van der Waals surface area (Å²) in [5.41, 5.74) is 0.899. The molecule has 8 heteroatoms. The zero-order valence-electron chi connectivity index (χ0n) is 17.3. The van der Waals surface area contributed by atoms with Gasteiger partial charge in [-0.3, -0.25) is 4.99 Å². The molecule has 30 heavy (non-hydrogen) atoms. The summed E-state index contributed by atoms with van der Waals surface area (Å²) in [7, 11) is -3.38. The maximum absolute atomic E-state index is 13.3. The number of guanidine groups is 1. The van der Waals surface area contributed by atoms with E-state index in [0.29, 0.717) is 30.5 Å². The van der Waals surface area contributed by atoms with E-state index >= 15 is 0 Å². The number of nitrogens with one attached hydrogen (secondary N) is 1. The summed E-state index contributed by atoms with van der Waals surface area (Å²) in [6.45, 7) is 5.95. The lowest BCUT2D eigenvalue weighted by atomic mass is 10.1. The summed E-state index contributed by atoms with van der Waals surface area (Å²) < 4.78 is 44.3. The van der Waals surface area contributed by atoms with Crippen molar-refractivity contribution in [3.05, 3.63) is 66.0 Å². The second-order valence-electron chi connectivity index (χ2n) is 7.26. The van der Waals surface area contributed by atoms with Crippen molar-refractivity contribution in [1.29, 1.82) is 0 Å². The van der Waals surface area contributed by atoms with Crippen molar-refractivity contribution >= 4 is 15.8 Å². The number of aliphatic imine (C=N–C) groups is 1. The summed E-state index contributed by atoms with van der Waals surface area (Å²) in [6.07, 6.45) is -0.267. The summed E-state index contributed by atoms with van der Waals surface area (Å²) >= 11 is 0. The van der Waals surface area contributed by atoms with Gasteiger partial charge in [0, 0.05) is 13.1 Å². The summed E-state index contributed by atoms with van der Waals surface area (Å²) in [5.74, 6) is 0.310. The van der Waals surface area contributed by atoms with Gasteiger partial charge in [0.1, 0.15) is 11.9 Å². The highest BCUT2D eigenvalue weighted by Crippen LogP contribution is 2.25. The minimum atomic E-state index is -3.38. The lowest BCUT2D eigenvalue weighted by Gasteiger charge is -2.38. The van der Waals surface area contributed by atoms with Crippen molar-refractivity contribution in [1.82, 2.24) is 10.2 Å². The van der Waals surface area contributed by atoms with Gasteiger partial charge in [0.2, 0.25) is 0 Å². The van der Waals surface area contributed by atoms with E-state index < -0.39 is 9.84 Å². The monoisotopic (exact) mass is 433 g/mol. The highest BCUT2D eigenvalue weighted by Gasteiger charge is 2.28. The van der Waals surface area contributed by atoms with Gasteiger partial charge >= 0.3 is 0 Å². The zero-order valence-corrected chi connectivity index (χ0v) is 18.1. The quantitative estimate of drug-likeness (QED) is 0.560. The minimum Gasteiger partial charge on any atom is -0.367 e. The molecule has 1 aliphatic rings. The lowest BCUT2D eigenvalue weighted by Crippen LogP contribution is -2.50. The van der Waals surface area contributed by atoms with Crippen LogP contribution in [0, 0.1) is 5.82 Å². The first-order chi connectivity index (χ1) is 14.4. The molecule has 0 radical (unpaired) electrons. The second-order valence-corrected chi connectivity index (χ2v) is 9.37. The number of rotatable bonds is 6. The Labute approximate surface area is 177 Å². The standard InChI is InChI=1S/C22H28FN3O3S/c1-3-24-22(25-13-14-30(27,28)20-7-5-4-6-8-20)26-15-17(2)29-21(16-26)18-9-11-19(23)12-10-18/h4-12,17,21H,3,13-16H2,1-2H3,(H,24,25). The Hall–Kier alpha value is -2.45. The third-order valence-electron chi connectivity index (χ3n) is 4.86. The minimum absolute atomic E-state index is 0.0503. The van der Waals surface area contributed by atoms with Crippen molar-refractivity contribution in [3.8, 4) is 0 Å². The number of ether oxygens (including phenoxy) is 1. The summed E-state index contributed by atoms with van der Waals surface area (Å²) in [5, 5.41) is 3.25. The Bertz CT molecular complexity index is 949. The Morgan fingerprint density at radius 2 is 1.87 bits per heavy atom. The Balaban J connectivity index is 1.71. The van der Waals surface area contributed by atoms with Crippen LogP contribution >= 0.6 is 0 Å². The molecule has 1 aliphatic heterocycles. The van der Waals surface area contributed by atoms with Crippen LogP contribution in [-0.4, -0.2) is 57.3 Å². The molecule has 0 aromatic heterocycles. The first kappa shape index (κ1) is 22.2. The number of hydrogen-bond donors (Lipinski definition) is 1. The van der Waals surface area contributed by atoms with Crippen LogP contribution in [0.3, 0.4) is 0 Å². The third kappa shape index (κ3) is 5.79. The van der Waals surface area contributed by atoms with Gasteiger partial charge in [-0.2, -0.15) is 0 Å². The van der Waals surface area contributed by atoms with Crippen molar-refractivity contribution in [3.63, 3.8) is 0 Å². The molecular formula is C22H28FN3O3S. The van der Waals surface area contributed by atoms with Gasteiger partial charge in [0.05, 0.1) is 29.8 Å². The van der Waals surface area contributed by atoms with Crippen LogP contribution in [0.1, 0.15) is 25.5 Å². The predicted molar refractivity (Wildman–Crippen MR) is 116 cm³/mol. The van der Waals surface area contributed by atoms with Crippen LogP contribution in [-0.2, 0) is 14.6 Å². The number of benzene rings is 2. The van der Waals surface area contributed by atoms with Gasteiger partial charge in [-0.05, 0) is 43.7 Å². The molecule has 1 saturated heterocycles. The van der Waals surface area contributed by atoms with Crippen LogP contribution in [0.5, 0.6) is 0 Å². The highest BCUT2D eigenvalue weighted by atomic mass is 32.2. The average Bonchev–Trinajstić information content (AvgIpc) is 2.74. The number of morpholine rings is 1. The molecule has 0 spiro atoms. The Kier molecular flexibility index (Phi) is 7.44. The molecule has 162 valence electrons. The summed E-state index contributed by atoms with van der Waals surface area (Å²) in [6, 6.07) is 14.7. The molecule has 0 aliphatic carbocycles. The molecule has 0 amide bonds. The Morgan fingerprint density at radius 1 is 1.17 bits per heavy atom. The molecule has 0 saturated carbocycles. The first-order valence-corrected chi connectivity index (χ1v) is 11.8. The molecular weight excluding hydrogens is 405 g/mol. The third-order valence-corrected chi connectivity index (χ3v) is 6.57. The van der Waals surface area contributed by atoms with Gasteiger partial charge in [-0.1, -0.05) is 30.3 Å². The normalized spacial score (nSPS) is 20.2. The van der Waals surface area contributed by atoms with E-state index in [1.807, 2.05) is 13.8 Å². The molecule has 2 aromatic rings. The molecule has 1 heterocycles. The van der Waals surface area contributed by atoms with Crippen LogP contribution in [0.25, 0.3) is 0 Å². The number of sulfone groups is 1. The largest absolute Gasteiger partial charge is 0.367 e. The van der Waals surface area contributed by atoms with Crippen LogP contribution < -0.4 is 5.32 Å². The molecule has 2 atom stereocenters. The lowest BCUT2D eigenvalue weighted by molar-refractivity contribution is -0.0605.